The van der Waals surface area contributed by atoms with Gasteiger partial charge in [-0.2, -0.15) is 10.5 Å². The zero-order chi connectivity index (χ0) is 21.2. The number of methoxy groups -OCH3 is 1. The van der Waals surface area contributed by atoms with Gasteiger partial charge < -0.3 is 4.74 Å². The van der Waals surface area contributed by atoms with E-state index in [0.29, 0.717) is 11.1 Å². The lowest BCUT2D eigenvalue weighted by Crippen LogP contribution is -2.46. The van der Waals surface area contributed by atoms with Crippen LogP contribution in [0, 0.1) is 34.5 Å². The number of hydrogen-bond donors (Lipinski definition) is 2. The number of amides is 2. The molecule has 2 amide bonds. The van der Waals surface area contributed by atoms with E-state index in [1.807, 2.05) is 12.1 Å². The number of hydrogen-bond acceptors (Lipinski definition) is 6. The summed E-state index contributed by atoms with van der Waals surface area (Å²) in [6.45, 7) is 0. The van der Waals surface area contributed by atoms with Crippen LogP contribution < -0.4 is 10.9 Å². The van der Waals surface area contributed by atoms with Gasteiger partial charge in [-0.15, -0.1) is 0 Å². The summed E-state index contributed by atoms with van der Waals surface area (Å²) < 4.78 is 4.66. The van der Waals surface area contributed by atoms with Gasteiger partial charge in [0.15, 0.2) is 5.92 Å². The summed E-state index contributed by atoms with van der Waals surface area (Å²) in [6.07, 6.45) is 0. The Labute approximate surface area is 167 Å². The van der Waals surface area contributed by atoms with E-state index < -0.39 is 35.5 Å². The van der Waals surface area contributed by atoms with Crippen LogP contribution >= 0.6 is 0 Å². The lowest BCUT2D eigenvalue weighted by Gasteiger charge is -2.24. The van der Waals surface area contributed by atoms with E-state index in [1.54, 1.807) is 60.7 Å². The van der Waals surface area contributed by atoms with Crippen LogP contribution in [-0.2, 0) is 14.3 Å². The normalized spacial score (nSPS) is 12.9. The first kappa shape index (κ1) is 21.1. The van der Waals surface area contributed by atoms with Crippen molar-refractivity contribution in [3.8, 4) is 12.1 Å². The number of nitriles is 2. The Kier molecular flexibility index (Phi) is 7.46. The van der Waals surface area contributed by atoms with Crippen molar-refractivity contribution in [2.45, 2.75) is 5.92 Å². The second kappa shape index (κ2) is 10.2. The highest BCUT2D eigenvalue weighted by Gasteiger charge is 2.40. The number of hydrazine groups is 1. The second-order valence-corrected chi connectivity index (χ2v) is 5.98. The van der Waals surface area contributed by atoms with Gasteiger partial charge in [-0.1, -0.05) is 48.5 Å². The average Bonchev–Trinajstić information content (AvgIpc) is 2.78. The van der Waals surface area contributed by atoms with Gasteiger partial charge in [0.1, 0.15) is 5.92 Å². The van der Waals surface area contributed by atoms with Crippen LogP contribution in [0.4, 0.5) is 0 Å². The van der Waals surface area contributed by atoms with E-state index >= 15 is 0 Å². The maximum atomic E-state index is 12.6. The van der Waals surface area contributed by atoms with Crippen molar-refractivity contribution in [2.75, 3.05) is 7.11 Å². The minimum Gasteiger partial charge on any atom is -0.468 e. The summed E-state index contributed by atoms with van der Waals surface area (Å²) in [5.74, 6) is -6.19. The van der Waals surface area contributed by atoms with Crippen molar-refractivity contribution in [3.05, 3.63) is 71.8 Å². The third kappa shape index (κ3) is 5.18. The van der Waals surface area contributed by atoms with Crippen LogP contribution in [0.3, 0.4) is 0 Å². The Hall–Kier alpha value is -4.17. The molecule has 0 bridgehead atoms. The molecule has 2 rings (SSSR count). The summed E-state index contributed by atoms with van der Waals surface area (Å²) in [5.41, 5.74) is 5.18. The van der Waals surface area contributed by atoms with Crippen molar-refractivity contribution < 1.29 is 19.1 Å². The van der Waals surface area contributed by atoms with Crippen LogP contribution in [-0.4, -0.2) is 24.9 Å². The molecule has 29 heavy (non-hydrogen) atoms. The molecule has 0 aliphatic rings. The first-order chi connectivity index (χ1) is 14.0. The fourth-order valence-electron chi connectivity index (χ4n) is 2.82. The molecular weight excluding hydrogens is 372 g/mol. The fraction of sp³-hybridized carbons (Fsp3) is 0.190. The van der Waals surface area contributed by atoms with Gasteiger partial charge in [0.2, 0.25) is 0 Å². The standard InChI is InChI=1S/C21H18N4O4/c1-29-21(28)17(13-23)18(14-8-4-2-5-9-14)16(12-22)20(27)25-24-19(26)15-10-6-3-7-11-15/h2-11,16-18H,1H3,(H,24,26)(H,25,27). The minimum atomic E-state index is -1.43. The molecule has 0 aliphatic heterocycles. The number of rotatable bonds is 6. The lowest BCUT2D eigenvalue weighted by atomic mass is 9.77. The maximum Gasteiger partial charge on any atom is 0.323 e. The van der Waals surface area contributed by atoms with E-state index in [0.717, 1.165) is 7.11 Å². The minimum absolute atomic E-state index is 0.311. The third-order valence-electron chi connectivity index (χ3n) is 4.25. The molecule has 8 heteroatoms. The summed E-state index contributed by atoms with van der Waals surface area (Å²) in [5, 5.41) is 19.1. The molecule has 0 spiro atoms. The summed E-state index contributed by atoms with van der Waals surface area (Å²) >= 11 is 0. The predicted molar refractivity (Wildman–Crippen MR) is 101 cm³/mol. The molecule has 3 unspecified atom stereocenters. The highest BCUT2D eigenvalue weighted by molar-refractivity contribution is 5.96. The van der Waals surface area contributed by atoms with Crippen molar-refractivity contribution in [2.24, 2.45) is 11.8 Å². The zero-order valence-electron chi connectivity index (χ0n) is 15.5. The van der Waals surface area contributed by atoms with Crippen LogP contribution in [0.2, 0.25) is 0 Å². The lowest BCUT2D eigenvalue weighted by molar-refractivity contribution is -0.144. The number of nitrogens with one attached hydrogen (secondary N) is 2. The molecule has 2 aromatic carbocycles. The van der Waals surface area contributed by atoms with Crippen LogP contribution in [0.1, 0.15) is 21.8 Å². The highest BCUT2D eigenvalue weighted by Crippen LogP contribution is 2.33. The molecule has 0 saturated heterocycles. The summed E-state index contributed by atoms with van der Waals surface area (Å²) in [4.78, 5) is 36.9. The van der Waals surface area contributed by atoms with Crippen LogP contribution in [0.5, 0.6) is 0 Å². The molecule has 0 radical (unpaired) electrons. The number of carbonyl (C=O) groups excluding carboxylic acids is 3. The molecule has 0 fully saturated rings. The van der Waals surface area contributed by atoms with Gasteiger partial charge in [0.05, 0.1) is 19.2 Å². The summed E-state index contributed by atoms with van der Waals surface area (Å²) in [7, 11) is 1.12. The number of benzene rings is 2. The first-order valence-corrected chi connectivity index (χ1v) is 8.60. The zero-order valence-corrected chi connectivity index (χ0v) is 15.5. The van der Waals surface area contributed by atoms with Gasteiger partial charge in [-0.3, -0.25) is 25.2 Å². The van der Waals surface area contributed by atoms with Crippen LogP contribution in [0.15, 0.2) is 60.7 Å². The van der Waals surface area contributed by atoms with Crippen molar-refractivity contribution in [1.82, 2.24) is 10.9 Å². The van der Waals surface area contributed by atoms with E-state index in [9.17, 15) is 24.9 Å². The second-order valence-electron chi connectivity index (χ2n) is 5.98. The third-order valence-corrected chi connectivity index (χ3v) is 4.25. The SMILES string of the molecule is COC(=O)C(C#N)C(c1ccccc1)C(C#N)C(=O)NNC(=O)c1ccccc1. The predicted octanol–water partition coefficient (Wildman–Crippen LogP) is 1.68. The van der Waals surface area contributed by atoms with Crippen molar-refractivity contribution in [3.63, 3.8) is 0 Å². The molecule has 0 aliphatic carbocycles. The average molecular weight is 390 g/mol. The van der Waals surface area contributed by atoms with Gasteiger partial charge in [-0.25, -0.2) is 0 Å². The number of ether oxygens (including phenoxy) is 1. The molecule has 0 saturated carbocycles. The molecule has 3 atom stereocenters. The maximum absolute atomic E-state index is 12.6. The van der Waals surface area contributed by atoms with E-state index in [4.69, 9.17) is 0 Å². The fourth-order valence-corrected chi connectivity index (χ4v) is 2.82. The number of carbonyl (C=O) groups is 3. The Morgan fingerprint density at radius 2 is 1.41 bits per heavy atom. The Bertz CT molecular complexity index is 948. The Morgan fingerprint density at radius 1 is 0.862 bits per heavy atom. The molecule has 0 aromatic heterocycles. The monoisotopic (exact) mass is 390 g/mol. The molecule has 8 nitrogen and oxygen atoms in total. The van der Waals surface area contributed by atoms with Crippen molar-refractivity contribution in [1.29, 1.82) is 10.5 Å². The first-order valence-electron chi connectivity index (χ1n) is 8.60. The Balaban J connectivity index is 2.26. The van der Waals surface area contributed by atoms with Crippen LogP contribution in [0.25, 0.3) is 0 Å². The number of esters is 1. The van der Waals surface area contributed by atoms with Crippen molar-refractivity contribution >= 4 is 17.8 Å². The van der Waals surface area contributed by atoms with E-state index in [2.05, 4.69) is 15.6 Å². The highest BCUT2D eigenvalue weighted by atomic mass is 16.5. The molecule has 2 aromatic rings. The molecular formula is C21H18N4O4. The Morgan fingerprint density at radius 3 is 1.93 bits per heavy atom. The van der Waals surface area contributed by atoms with Gasteiger partial charge >= 0.3 is 5.97 Å². The largest absolute Gasteiger partial charge is 0.468 e. The van der Waals surface area contributed by atoms with Gasteiger partial charge in [0.25, 0.3) is 11.8 Å². The summed E-state index contributed by atoms with van der Waals surface area (Å²) in [6, 6.07) is 20.1. The molecule has 146 valence electrons. The van der Waals surface area contributed by atoms with Gasteiger partial charge in [0, 0.05) is 11.5 Å². The smallest absolute Gasteiger partial charge is 0.323 e. The van der Waals surface area contributed by atoms with Gasteiger partial charge in [-0.05, 0) is 17.7 Å². The topological polar surface area (TPSA) is 132 Å². The molecule has 0 heterocycles. The van der Waals surface area contributed by atoms with E-state index in [1.165, 1.54) is 0 Å². The molecule has 2 N–H and O–H groups in total. The number of nitrogens with zero attached hydrogens (tertiary/aromatic N) is 2. The quantitative estimate of drug-likeness (QED) is 0.570. The van der Waals surface area contributed by atoms with E-state index in [-0.39, 0.29) is 0 Å².